The molecule has 4 nitrogen and oxygen atoms in total. The highest BCUT2D eigenvalue weighted by Crippen LogP contribution is 2.20. The molecule has 6 heteroatoms. The maximum absolute atomic E-state index is 13.6. The van der Waals surface area contributed by atoms with Gasteiger partial charge < -0.3 is 15.8 Å². The smallest absolute Gasteiger partial charge is 0.423 e. The summed E-state index contributed by atoms with van der Waals surface area (Å²) >= 11 is 0. The van der Waals surface area contributed by atoms with Gasteiger partial charge in [0.1, 0.15) is 5.82 Å². The Morgan fingerprint density at radius 2 is 1.68 bits per heavy atom. The number of amides is 1. The first kappa shape index (κ1) is 14.9. The Labute approximate surface area is 110 Å². The molecule has 4 N–H and O–H groups in total. The van der Waals surface area contributed by atoms with E-state index in [4.69, 9.17) is 14.8 Å². The fourth-order valence-corrected chi connectivity index (χ4v) is 1.54. The van der Waals surface area contributed by atoms with Crippen molar-refractivity contribution in [3.8, 4) is 11.1 Å². The molecule has 0 unspecified atom stereocenters. The number of carbonyl (C=O) groups is 1. The van der Waals surface area contributed by atoms with E-state index in [0.717, 1.165) is 0 Å². The van der Waals surface area contributed by atoms with E-state index in [0.29, 0.717) is 11.1 Å². The number of halogens is 1. The van der Waals surface area contributed by atoms with Crippen LogP contribution >= 0.6 is 0 Å². The van der Waals surface area contributed by atoms with Gasteiger partial charge >= 0.3 is 7.12 Å². The zero-order chi connectivity index (χ0) is 14.3. The standard InChI is InChI=1S/C12H10BFO2.CH3NO/c14-12-7-6-10(13(15)16)8-11(12)9-4-2-1-3-5-9;2-1-3/h1-8,15-16H;1H,(H2,2,3). The van der Waals surface area contributed by atoms with Crippen LogP contribution < -0.4 is 11.2 Å². The van der Waals surface area contributed by atoms with Gasteiger partial charge in [0.05, 0.1) is 0 Å². The van der Waals surface area contributed by atoms with Gasteiger partial charge in [-0.05, 0) is 17.1 Å². The summed E-state index contributed by atoms with van der Waals surface area (Å²) in [6.45, 7) is 0. The number of hydrogen-bond donors (Lipinski definition) is 3. The monoisotopic (exact) mass is 261 g/mol. The van der Waals surface area contributed by atoms with Gasteiger partial charge in [0.2, 0.25) is 6.41 Å². The van der Waals surface area contributed by atoms with Crippen molar-refractivity contribution in [2.24, 2.45) is 5.73 Å². The lowest BCUT2D eigenvalue weighted by Crippen LogP contribution is -2.29. The summed E-state index contributed by atoms with van der Waals surface area (Å²) in [5.74, 6) is -0.379. The fraction of sp³-hybridized carbons (Fsp3) is 0. The zero-order valence-corrected chi connectivity index (χ0v) is 10.0. The summed E-state index contributed by atoms with van der Waals surface area (Å²) in [6.07, 6.45) is 0.250. The van der Waals surface area contributed by atoms with Crippen LogP contribution in [-0.2, 0) is 4.79 Å². The Morgan fingerprint density at radius 3 is 2.21 bits per heavy atom. The maximum atomic E-state index is 13.6. The third-order valence-corrected chi connectivity index (χ3v) is 2.37. The van der Waals surface area contributed by atoms with Gasteiger partial charge in [-0.15, -0.1) is 0 Å². The van der Waals surface area contributed by atoms with Crippen molar-refractivity contribution in [1.29, 1.82) is 0 Å². The van der Waals surface area contributed by atoms with Crippen LogP contribution in [0.4, 0.5) is 4.39 Å². The molecule has 98 valence electrons. The number of hydrogen-bond acceptors (Lipinski definition) is 3. The summed E-state index contributed by atoms with van der Waals surface area (Å²) < 4.78 is 13.6. The average Bonchev–Trinajstić information content (AvgIpc) is 2.41. The molecular formula is C13H13BFNO3. The zero-order valence-electron chi connectivity index (χ0n) is 10.0. The maximum Gasteiger partial charge on any atom is 0.488 e. The van der Waals surface area contributed by atoms with Gasteiger partial charge in [-0.1, -0.05) is 42.5 Å². The average molecular weight is 261 g/mol. The minimum absolute atomic E-state index is 0.250. The molecule has 2 rings (SSSR count). The molecule has 19 heavy (non-hydrogen) atoms. The van der Waals surface area contributed by atoms with Crippen LogP contribution in [-0.4, -0.2) is 23.6 Å². The molecule has 0 saturated heterocycles. The van der Waals surface area contributed by atoms with Crippen molar-refractivity contribution in [3.05, 3.63) is 54.3 Å². The lowest BCUT2D eigenvalue weighted by Gasteiger charge is -2.06. The lowest BCUT2D eigenvalue weighted by molar-refractivity contribution is -0.106. The molecule has 0 atom stereocenters. The van der Waals surface area contributed by atoms with E-state index in [-0.39, 0.29) is 17.7 Å². The van der Waals surface area contributed by atoms with Crippen LogP contribution in [0.25, 0.3) is 11.1 Å². The number of nitrogens with two attached hydrogens (primary N) is 1. The van der Waals surface area contributed by atoms with Crippen LogP contribution in [0.15, 0.2) is 48.5 Å². The number of primary amides is 1. The minimum atomic E-state index is -1.58. The van der Waals surface area contributed by atoms with Gasteiger partial charge in [-0.25, -0.2) is 4.39 Å². The predicted molar refractivity (Wildman–Crippen MR) is 71.9 cm³/mol. The first-order valence-corrected chi connectivity index (χ1v) is 5.46. The molecule has 1 amide bonds. The topological polar surface area (TPSA) is 83.6 Å². The second kappa shape index (κ2) is 7.30. The van der Waals surface area contributed by atoms with E-state index in [1.54, 1.807) is 24.3 Å². The van der Waals surface area contributed by atoms with Crippen LogP contribution in [0.3, 0.4) is 0 Å². The van der Waals surface area contributed by atoms with Gasteiger partial charge in [0, 0.05) is 5.56 Å². The van der Waals surface area contributed by atoms with E-state index >= 15 is 0 Å². The van der Waals surface area contributed by atoms with Crippen LogP contribution in [0.1, 0.15) is 0 Å². The van der Waals surface area contributed by atoms with Gasteiger partial charge in [0.15, 0.2) is 0 Å². The van der Waals surface area contributed by atoms with Gasteiger partial charge in [-0.2, -0.15) is 0 Å². The number of benzene rings is 2. The SMILES string of the molecule is NC=O.OB(O)c1ccc(F)c(-c2ccccc2)c1. The fourth-order valence-electron chi connectivity index (χ4n) is 1.54. The summed E-state index contributed by atoms with van der Waals surface area (Å²) in [5, 5.41) is 18.0. The molecule has 0 aliphatic carbocycles. The van der Waals surface area contributed by atoms with Crippen molar-refractivity contribution in [2.45, 2.75) is 0 Å². The molecule has 0 bridgehead atoms. The Bertz CT molecular complexity index is 535. The summed E-state index contributed by atoms with van der Waals surface area (Å²) in [4.78, 5) is 8.58. The third-order valence-electron chi connectivity index (χ3n) is 2.37. The van der Waals surface area contributed by atoms with E-state index < -0.39 is 7.12 Å². The molecular weight excluding hydrogens is 248 g/mol. The normalized spacial score (nSPS) is 9.21. The first-order chi connectivity index (χ1) is 9.10. The van der Waals surface area contributed by atoms with Gasteiger partial charge in [0.25, 0.3) is 0 Å². The van der Waals surface area contributed by atoms with Crippen molar-refractivity contribution in [3.63, 3.8) is 0 Å². The molecule has 2 aromatic carbocycles. The summed E-state index contributed by atoms with van der Waals surface area (Å²) in [5.41, 5.74) is 5.52. The highest BCUT2D eigenvalue weighted by Gasteiger charge is 2.14. The summed E-state index contributed by atoms with van der Waals surface area (Å²) in [6, 6.07) is 13.0. The minimum Gasteiger partial charge on any atom is -0.423 e. The molecule has 0 aliphatic heterocycles. The van der Waals surface area contributed by atoms with Crippen LogP contribution in [0, 0.1) is 5.82 Å². The second-order valence-electron chi connectivity index (χ2n) is 3.62. The number of rotatable bonds is 2. The number of carbonyl (C=O) groups excluding carboxylic acids is 1. The molecule has 0 heterocycles. The Balaban J connectivity index is 0.000000550. The molecule has 0 fully saturated rings. The Hall–Kier alpha value is -2.18. The third kappa shape index (κ3) is 4.20. The predicted octanol–water partition coefficient (Wildman–Crippen LogP) is 0.274. The van der Waals surface area contributed by atoms with E-state index in [1.807, 2.05) is 6.07 Å². The van der Waals surface area contributed by atoms with Crippen molar-refractivity contribution >= 4 is 19.0 Å². The first-order valence-electron chi connectivity index (χ1n) is 5.46. The molecule has 0 saturated carbocycles. The lowest BCUT2D eigenvalue weighted by atomic mass is 9.79. The van der Waals surface area contributed by atoms with E-state index in [1.165, 1.54) is 18.2 Å². The van der Waals surface area contributed by atoms with Crippen molar-refractivity contribution in [2.75, 3.05) is 0 Å². The summed E-state index contributed by atoms with van der Waals surface area (Å²) in [7, 11) is -1.58. The van der Waals surface area contributed by atoms with Gasteiger partial charge in [-0.3, -0.25) is 4.79 Å². The Morgan fingerprint density at radius 1 is 1.11 bits per heavy atom. The highest BCUT2D eigenvalue weighted by molar-refractivity contribution is 6.58. The van der Waals surface area contributed by atoms with Crippen molar-refractivity contribution < 1.29 is 19.2 Å². The van der Waals surface area contributed by atoms with E-state index in [2.05, 4.69) is 5.73 Å². The van der Waals surface area contributed by atoms with Crippen LogP contribution in [0.5, 0.6) is 0 Å². The van der Waals surface area contributed by atoms with Crippen molar-refractivity contribution in [1.82, 2.24) is 0 Å². The Kier molecular flexibility index (Phi) is 5.72. The highest BCUT2D eigenvalue weighted by atomic mass is 19.1. The quantitative estimate of drug-likeness (QED) is 0.536. The molecule has 0 spiro atoms. The molecule has 0 aliphatic rings. The molecule has 0 aromatic heterocycles. The largest absolute Gasteiger partial charge is 0.488 e. The second-order valence-corrected chi connectivity index (χ2v) is 3.62. The molecule has 0 radical (unpaired) electrons. The van der Waals surface area contributed by atoms with Crippen LogP contribution in [0.2, 0.25) is 0 Å². The van der Waals surface area contributed by atoms with E-state index in [9.17, 15) is 4.39 Å². The molecule has 2 aromatic rings.